The highest BCUT2D eigenvalue weighted by Crippen LogP contribution is 2.33. The lowest BCUT2D eigenvalue weighted by molar-refractivity contribution is 0.0987. The molecule has 0 atom stereocenters. The fourth-order valence-corrected chi connectivity index (χ4v) is 3.49. The minimum absolute atomic E-state index is 0. The van der Waals surface area contributed by atoms with E-state index in [2.05, 4.69) is 0 Å². The molecule has 6 heteroatoms. The van der Waals surface area contributed by atoms with Gasteiger partial charge < -0.3 is 10.6 Å². The molecule has 4 nitrogen and oxygen atoms in total. The lowest BCUT2D eigenvalue weighted by atomic mass is 10.00. The highest BCUT2D eigenvalue weighted by molar-refractivity contribution is 7.16. The fraction of sp³-hybridized carbons (Fsp3) is 0.250. The van der Waals surface area contributed by atoms with Crippen molar-refractivity contribution in [2.75, 3.05) is 17.2 Å². The van der Waals surface area contributed by atoms with Gasteiger partial charge in [-0.25, -0.2) is 0 Å². The number of amides is 1. The third kappa shape index (κ3) is 2.87. The van der Waals surface area contributed by atoms with Gasteiger partial charge in [0.25, 0.3) is 5.91 Å². The zero-order valence-electron chi connectivity index (χ0n) is 12.2. The summed E-state index contributed by atoms with van der Waals surface area (Å²) in [5.74, 6) is -0.0682. The van der Waals surface area contributed by atoms with Crippen molar-refractivity contribution in [3.05, 3.63) is 45.6 Å². The monoisotopic (exact) mass is 336 g/mol. The highest BCUT2D eigenvalue weighted by atomic mass is 35.5. The van der Waals surface area contributed by atoms with Gasteiger partial charge in [0.05, 0.1) is 9.75 Å². The van der Waals surface area contributed by atoms with Crippen LogP contribution >= 0.6 is 23.7 Å². The second-order valence-corrected chi connectivity index (χ2v) is 6.21. The van der Waals surface area contributed by atoms with Gasteiger partial charge in [-0.15, -0.1) is 23.7 Å². The van der Waals surface area contributed by atoms with Gasteiger partial charge in [0.2, 0.25) is 0 Å². The number of carbonyl (C=O) groups excluding carboxylic acids is 2. The normalized spacial score (nSPS) is 13.2. The van der Waals surface area contributed by atoms with Crippen molar-refractivity contribution in [2.45, 2.75) is 19.8 Å². The maximum absolute atomic E-state index is 12.7. The molecule has 0 saturated carbocycles. The van der Waals surface area contributed by atoms with E-state index in [0.29, 0.717) is 16.3 Å². The van der Waals surface area contributed by atoms with Crippen LogP contribution < -0.4 is 10.6 Å². The Morgan fingerprint density at radius 3 is 2.59 bits per heavy atom. The van der Waals surface area contributed by atoms with Gasteiger partial charge in [-0.05, 0) is 49.6 Å². The van der Waals surface area contributed by atoms with Crippen LogP contribution in [0.1, 0.15) is 38.3 Å². The van der Waals surface area contributed by atoms with Crippen LogP contribution in [0, 0.1) is 0 Å². The number of ketones is 1. The van der Waals surface area contributed by atoms with E-state index in [1.807, 2.05) is 18.2 Å². The Bertz CT molecular complexity index is 727. The van der Waals surface area contributed by atoms with Crippen LogP contribution in [0.15, 0.2) is 30.3 Å². The maximum Gasteiger partial charge on any atom is 0.268 e. The minimum atomic E-state index is -0.0564. The molecule has 2 heterocycles. The molecule has 1 amide bonds. The van der Waals surface area contributed by atoms with Crippen LogP contribution in [-0.4, -0.2) is 18.2 Å². The van der Waals surface area contributed by atoms with Crippen molar-refractivity contribution in [3.8, 4) is 0 Å². The SMILES string of the molecule is CC(=O)c1ccc(C(=O)N2CCCc3c(N)cccc32)s1.Cl. The van der Waals surface area contributed by atoms with E-state index in [9.17, 15) is 9.59 Å². The standard InChI is InChI=1S/C16H16N2O2S.ClH/c1-10(19)14-7-8-15(21-14)16(20)18-9-3-4-11-12(17)5-2-6-13(11)18;/h2,5-8H,3-4,9,17H2,1H3;1H. The van der Waals surface area contributed by atoms with Gasteiger partial charge in [0, 0.05) is 17.9 Å². The first kappa shape index (κ1) is 16.5. The quantitative estimate of drug-likeness (QED) is 0.673. The number of carbonyl (C=O) groups is 2. The Hall–Kier alpha value is -1.85. The number of anilines is 2. The van der Waals surface area contributed by atoms with Crippen LogP contribution in [0.3, 0.4) is 0 Å². The molecular weight excluding hydrogens is 320 g/mol. The molecule has 22 heavy (non-hydrogen) atoms. The first-order chi connectivity index (χ1) is 10.1. The maximum atomic E-state index is 12.7. The zero-order chi connectivity index (χ0) is 15.0. The number of rotatable bonds is 2. The number of benzene rings is 1. The van der Waals surface area contributed by atoms with Crippen molar-refractivity contribution in [3.63, 3.8) is 0 Å². The Morgan fingerprint density at radius 1 is 1.18 bits per heavy atom. The van der Waals surface area contributed by atoms with Crippen molar-refractivity contribution < 1.29 is 9.59 Å². The molecule has 0 aliphatic carbocycles. The number of halogens is 1. The number of nitrogens with two attached hydrogens (primary N) is 1. The van der Waals surface area contributed by atoms with E-state index >= 15 is 0 Å². The summed E-state index contributed by atoms with van der Waals surface area (Å²) in [5.41, 5.74) is 8.68. The number of fused-ring (bicyclic) bond motifs is 1. The molecule has 3 rings (SSSR count). The Morgan fingerprint density at radius 2 is 1.91 bits per heavy atom. The molecule has 0 spiro atoms. The summed E-state index contributed by atoms with van der Waals surface area (Å²) >= 11 is 1.25. The van der Waals surface area contributed by atoms with E-state index in [4.69, 9.17) is 5.73 Å². The minimum Gasteiger partial charge on any atom is -0.398 e. The molecule has 1 aliphatic heterocycles. The number of Topliss-reactive ketones (excluding diaryl/α,β-unsaturated/α-hetero) is 1. The van der Waals surface area contributed by atoms with Gasteiger partial charge in [0.1, 0.15) is 0 Å². The van der Waals surface area contributed by atoms with E-state index in [1.54, 1.807) is 17.0 Å². The predicted molar refractivity (Wildman–Crippen MR) is 92.4 cm³/mol. The second kappa shape index (κ2) is 6.50. The zero-order valence-corrected chi connectivity index (χ0v) is 13.8. The third-order valence-electron chi connectivity index (χ3n) is 3.70. The van der Waals surface area contributed by atoms with E-state index in [0.717, 1.165) is 29.8 Å². The molecule has 0 unspecified atom stereocenters. The van der Waals surface area contributed by atoms with E-state index in [1.165, 1.54) is 18.3 Å². The number of nitrogens with zero attached hydrogens (tertiary/aromatic N) is 1. The summed E-state index contributed by atoms with van der Waals surface area (Å²) in [6.07, 6.45) is 1.80. The summed E-state index contributed by atoms with van der Waals surface area (Å²) in [6.45, 7) is 2.19. The lowest BCUT2D eigenvalue weighted by Gasteiger charge is -2.29. The predicted octanol–water partition coefficient (Wildman–Crippen LogP) is 3.55. The molecule has 1 aromatic carbocycles. The van der Waals surface area contributed by atoms with Crippen LogP contribution in [0.4, 0.5) is 11.4 Å². The second-order valence-electron chi connectivity index (χ2n) is 5.13. The smallest absolute Gasteiger partial charge is 0.268 e. The lowest BCUT2D eigenvalue weighted by Crippen LogP contribution is -2.35. The largest absolute Gasteiger partial charge is 0.398 e. The Kier molecular flexibility index (Phi) is 4.88. The molecule has 2 N–H and O–H groups in total. The van der Waals surface area contributed by atoms with Crippen molar-refractivity contribution in [1.29, 1.82) is 0 Å². The summed E-state index contributed by atoms with van der Waals surface area (Å²) in [5, 5.41) is 0. The van der Waals surface area contributed by atoms with Crippen molar-refractivity contribution in [1.82, 2.24) is 0 Å². The van der Waals surface area contributed by atoms with Crippen molar-refractivity contribution in [2.24, 2.45) is 0 Å². The Balaban J connectivity index is 0.00000176. The molecule has 1 aliphatic rings. The van der Waals surface area contributed by atoms with Gasteiger partial charge in [-0.1, -0.05) is 6.07 Å². The molecule has 0 bridgehead atoms. The molecule has 0 radical (unpaired) electrons. The molecule has 0 saturated heterocycles. The molecule has 116 valence electrons. The van der Waals surface area contributed by atoms with Crippen LogP contribution in [-0.2, 0) is 6.42 Å². The van der Waals surface area contributed by atoms with Crippen LogP contribution in [0.5, 0.6) is 0 Å². The van der Waals surface area contributed by atoms with E-state index < -0.39 is 0 Å². The van der Waals surface area contributed by atoms with Crippen LogP contribution in [0.25, 0.3) is 0 Å². The summed E-state index contributed by atoms with van der Waals surface area (Å²) < 4.78 is 0. The summed E-state index contributed by atoms with van der Waals surface area (Å²) in [4.78, 5) is 27.0. The molecule has 2 aromatic rings. The average molecular weight is 337 g/mol. The van der Waals surface area contributed by atoms with Crippen LogP contribution in [0.2, 0.25) is 0 Å². The first-order valence-corrected chi connectivity index (χ1v) is 7.69. The fourth-order valence-electron chi connectivity index (χ4n) is 2.64. The molecule has 1 aromatic heterocycles. The average Bonchev–Trinajstić information content (AvgIpc) is 2.96. The number of thiophene rings is 1. The summed E-state index contributed by atoms with van der Waals surface area (Å²) in [7, 11) is 0. The Labute approximate surface area is 139 Å². The number of hydrogen-bond acceptors (Lipinski definition) is 4. The third-order valence-corrected chi connectivity index (χ3v) is 4.87. The summed E-state index contributed by atoms with van der Waals surface area (Å²) in [6, 6.07) is 9.11. The van der Waals surface area contributed by atoms with Gasteiger partial charge in [0.15, 0.2) is 5.78 Å². The number of hydrogen-bond donors (Lipinski definition) is 1. The molecular formula is C16H17ClN2O2S. The highest BCUT2D eigenvalue weighted by Gasteiger charge is 2.25. The van der Waals surface area contributed by atoms with Crippen molar-refractivity contribution >= 4 is 46.8 Å². The van der Waals surface area contributed by atoms with E-state index in [-0.39, 0.29) is 24.1 Å². The molecule has 0 fully saturated rings. The number of nitrogen functional groups attached to an aromatic ring is 1. The van der Waals surface area contributed by atoms with Gasteiger partial charge in [-0.3, -0.25) is 9.59 Å². The topological polar surface area (TPSA) is 63.4 Å². The van der Waals surface area contributed by atoms with Gasteiger partial charge >= 0.3 is 0 Å². The first-order valence-electron chi connectivity index (χ1n) is 6.88. The van der Waals surface area contributed by atoms with Gasteiger partial charge in [-0.2, -0.15) is 0 Å².